The molecule has 4 rings (SSSR count). The Kier molecular flexibility index (Phi) is 4.67. The van der Waals surface area contributed by atoms with Gasteiger partial charge in [0.1, 0.15) is 22.9 Å². The van der Waals surface area contributed by atoms with Crippen LogP contribution in [0.4, 0.5) is 11.6 Å². The second-order valence-corrected chi connectivity index (χ2v) is 5.93. The molecule has 0 unspecified atom stereocenters. The van der Waals surface area contributed by atoms with E-state index >= 15 is 0 Å². The molecule has 8 nitrogen and oxygen atoms in total. The average molecular weight is 377 g/mol. The lowest BCUT2D eigenvalue weighted by molar-refractivity contribution is 0.395. The van der Waals surface area contributed by atoms with Gasteiger partial charge in [0.2, 0.25) is 5.95 Å². The first-order valence-corrected chi connectivity index (χ1v) is 8.56. The summed E-state index contributed by atoms with van der Waals surface area (Å²) >= 11 is 0. The second kappa shape index (κ2) is 7.43. The van der Waals surface area contributed by atoms with Gasteiger partial charge in [-0.15, -0.1) is 5.10 Å². The molecular formula is C20H19N5O3. The van der Waals surface area contributed by atoms with Crippen LogP contribution < -0.4 is 19.5 Å². The van der Waals surface area contributed by atoms with Crippen LogP contribution in [0, 0.1) is 0 Å². The first kappa shape index (κ1) is 17.6. The number of fused-ring (bicyclic) bond motifs is 1. The van der Waals surface area contributed by atoms with Crippen molar-refractivity contribution in [2.24, 2.45) is 0 Å². The Bertz CT molecular complexity index is 1090. The van der Waals surface area contributed by atoms with Crippen LogP contribution in [0.5, 0.6) is 17.2 Å². The number of hydrogen-bond donors (Lipinski definition) is 1. The molecule has 0 atom stereocenters. The van der Waals surface area contributed by atoms with E-state index in [0.717, 1.165) is 22.7 Å². The van der Waals surface area contributed by atoms with Crippen molar-refractivity contribution in [1.29, 1.82) is 0 Å². The van der Waals surface area contributed by atoms with E-state index in [4.69, 9.17) is 14.2 Å². The Morgan fingerprint density at radius 3 is 2.18 bits per heavy atom. The standard InChI is InChI=1S/C20H19N5O3/c1-26-15-6-4-13(5-7-15)18-19-23-20(24-25(19)9-8-21-18)22-14-10-16(27-2)12-17(11-14)28-3/h4-12H,1-3H3,(H,22,24). The van der Waals surface area contributed by atoms with Crippen molar-refractivity contribution in [2.75, 3.05) is 26.6 Å². The summed E-state index contributed by atoms with van der Waals surface area (Å²) in [4.78, 5) is 9.08. The average Bonchev–Trinajstić information content (AvgIpc) is 3.15. The smallest absolute Gasteiger partial charge is 0.247 e. The summed E-state index contributed by atoms with van der Waals surface area (Å²) in [5.41, 5.74) is 3.05. The molecule has 0 saturated heterocycles. The molecule has 0 radical (unpaired) electrons. The van der Waals surface area contributed by atoms with E-state index in [9.17, 15) is 0 Å². The van der Waals surface area contributed by atoms with E-state index < -0.39 is 0 Å². The number of nitrogens with zero attached hydrogens (tertiary/aromatic N) is 4. The van der Waals surface area contributed by atoms with E-state index in [2.05, 4.69) is 20.4 Å². The molecule has 2 aromatic carbocycles. The highest BCUT2D eigenvalue weighted by Gasteiger charge is 2.12. The van der Waals surface area contributed by atoms with Crippen LogP contribution in [-0.2, 0) is 0 Å². The van der Waals surface area contributed by atoms with E-state index in [0.29, 0.717) is 23.1 Å². The largest absolute Gasteiger partial charge is 0.497 e. The number of anilines is 2. The Labute approximate surface area is 161 Å². The van der Waals surface area contributed by atoms with Crippen LogP contribution in [0.15, 0.2) is 54.9 Å². The number of rotatable bonds is 6. The van der Waals surface area contributed by atoms with Gasteiger partial charge in [-0.1, -0.05) is 0 Å². The lowest BCUT2D eigenvalue weighted by Gasteiger charge is -2.08. The Morgan fingerprint density at radius 1 is 0.857 bits per heavy atom. The molecule has 0 amide bonds. The van der Waals surface area contributed by atoms with Gasteiger partial charge in [-0.2, -0.15) is 4.98 Å². The highest BCUT2D eigenvalue weighted by atomic mass is 16.5. The number of nitrogens with one attached hydrogen (secondary N) is 1. The van der Waals surface area contributed by atoms with Gasteiger partial charge in [0, 0.05) is 41.8 Å². The molecular weight excluding hydrogens is 358 g/mol. The zero-order valence-corrected chi connectivity index (χ0v) is 15.7. The van der Waals surface area contributed by atoms with Gasteiger partial charge >= 0.3 is 0 Å². The molecule has 2 heterocycles. The third-order valence-electron chi connectivity index (χ3n) is 4.23. The van der Waals surface area contributed by atoms with Crippen LogP contribution in [0.25, 0.3) is 16.9 Å². The summed E-state index contributed by atoms with van der Waals surface area (Å²) in [7, 11) is 4.85. The molecule has 28 heavy (non-hydrogen) atoms. The van der Waals surface area contributed by atoms with Crippen molar-refractivity contribution in [3.63, 3.8) is 0 Å². The molecule has 0 aliphatic heterocycles. The maximum absolute atomic E-state index is 5.30. The number of aromatic nitrogens is 4. The summed E-state index contributed by atoms with van der Waals surface area (Å²) in [6, 6.07) is 13.1. The minimum Gasteiger partial charge on any atom is -0.497 e. The topological polar surface area (TPSA) is 82.8 Å². The van der Waals surface area contributed by atoms with Gasteiger partial charge in [0.05, 0.1) is 21.3 Å². The fraction of sp³-hybridized carbons (Fsp3) is 0.150. The van der Waals surface area contributed by atoms with Crippen molar-refractivity contribution in [1.82, 2.24) is 19.6 Å². The van der Waals surface area contributed by atoms with E-state index in [-0.39, 0.29) is 0 Å². The first-order chi connectivity index (χ1) is 13.7. The Hall–Kier alpha value is -3.81. The summed E-state index contributed by atoms with van der Waals surface area (Å²) in [6.07, 6.45) is 3.45. The van der Waals surface area contributed by atoms with E-state index in [1.54, 1.807) is 44.3 Å². The fourth-order valence-electron chi connectivity index (χ4n) is 2.83. The molecule has 0 spiro atoms. The third-order valence-corrected chi connectivity index (χ3v) is 4.23. The quantitative estimate of drug-likeness (QED) is 0.550. The lowest BCUT2D eigenvalue weighted by Crippen LogP contribution is -1.95. The monoisotopic (exact) mass is 377 g/mol. The molecule has 1 N–H and O–H groups in total. The minimum atomic E-state index is 0.443. The fourth-order valence-corrected chi connectivity index (χ4v) is 2.83. The van der Waals surface area contributed by atoms with Gasteiger partial charge in [-0.25, -0.2) is 4.52 Å². The van der Waals surface area contributed by atoms with Gasteiger partial charge in [-0.3, -0.25) is 4.98 Å². The molecule has 142 valence electrons. The van der Waals surface area contributed by atoms with Gasteiger partial charge in [0.15, 0.2) is 5.65 Å². The van der Waals surface area contributed by atoms with Crippen molar-refractivity contribution in [2.45, 2.75) is 0 Å². The number of ether oxygens (including phenoxy) is 3. The highest BCUT2D eigenvalue weighted by molar-refractivity contribution is 5.75. The third kappa shape index (κ3) is 3.39. The number of benzene rings is 2. The molecule has 0 fully saturated rings. The summed E-state index contributed by atoms with van der Waals surface area (Å²) in [5, 5.41) is 7.68. The van der Waals surface area contributed by atoms with Gasteiger partial charge < -0.3 is 19.5 Å². The second-order valence-electron chi connectivity index (χ2n) is 5.93. The van der Waals surface area contributed by atoms with Crippen molar-refractivity contribution in [3.8, 4) is 28.5 Å². The van der Waals surface area contributed by atoms with Crippen LogP contribution in [0.1, 0.15) is 0 Å². The number of methoxy groups -OCH3 is 3. The van der Waals surface area contributed by atoms with E-state index in [1.807, 2.05) is 36.4 Å². The zero-order chi connectivity index (χ0) is 19.5. The highest BCUT2D eigenvalue weighted by Crippen LogP contribution is 2.28. The maximum atomic E-state index is 5.30. The molecule has 0 aliphatic rings. The van der Waals surface area contributed by atoms with Gasteiger partial charge in [0.25, 0.3) is 0 Å². The normalized spacial score (nSPS) is 10.7. The first-order valence-electron chi connectivity index (χ1n) is 8.56. The molecule has 0 aliphatic carbocycles. The van der Waals surface area contributed by atoms with Crippen molar-refractivity contribution >= 4 is 17.3 Å². The van der Waals surface area contributed by atoms with Crippen molar-refractivity contribution in [3.05, 3.63) is 54.9 Å². The maximum Gasteiger partial charge on any atom is 0.247 e. The van der Waals surface area contributed by atoms with Crippen LogP contribution >= 0.6 is 0 Å². The van der Waals surface area contributed by atoms with Crippen LogP contribution in [-0.4, -0.2) is 40.9 Å². The SMILES string of the molecule is COc1ccc(-c2nccn3nc(Nc4cc(OC)cc(OC)c4)nc23)cc1. The minimum absolute atomic E-state index is 0.443. The van der Waals surface area contributed by atoms with Crippen molar-refractivity contribution < 1.29 is 14.2 Å². The molecule has 4 aromatic rings. The number of hydrogen-bond acceptors (Lipinski definition) is 7. The van der Waals surface area contributed by atoms with E-state index in [1.165, 1.54) is 0 Å². The predicted octanol–water partition coefficient (Wildman–Crippen LogP) is 3.56. The van der Waals surface area contributed by atoms with Crippen LogP contribution in [0.2, 0.25) is 0 Å². The summed E-state index contributed by atoms with van der Waals surface area (Å²) in [6.45, 7) is 0. The Balaban J connectivity index is 1.70. The predicted molar refractivity (Wildman–Crippen MR) is 106 cm³/mol. The lowest BCUT2D eigenvalue weighted by atomic mass is 10.1. The molecule has 0 saturated carbocycles. The molecule has 0 bridgehead atoms. The molecule has 8 heteroatoms. The zero-order valence-electron chi connectivity index (χ0n) is 15.7. The molecule has 2 aromatic heterocycles. The Morgan fingerprint density at radius 2 is 1.54 bits per heavy atom. The van der Waals surface area contributed by atoms with Gasteiger partial charge in [-0.05, 0) is 24.3 Å². The summed E-state index contributed by atoms with van der Waals surface area (Å²) in [5.74, 6) is 2.57. The summed E-state index contributed by atoms with van der Waals surface area (Å²) < 4.78 is 17.5. The van der Waals surface area contributed by atoms with Crippen LogP contribution in [0.3, 0.4) is 0 Å².